The van der Waals surface area contributed by atoms with Crippen molar-refractivity contribution < 1.29 is 24.4 Å². The molecule has 2 fully saturated rings. The van der Waals surface area contributed by atoms with Gasteiger partial charge in [-0.3, -0.25) is 0 Å². The first-order valence-electron chi connectivity index (χ1n) is 7.26. The van der Waals surface area contributed by atoms with E-state index in [2.05, 4.69) is 0 Å². The van der Waals surface area contributed by atoms with Crippen LogP contribution in [0.2, 0.25) is 0 Å². The highest BCUT2D eigenvalue weighted by molar-refractivity contribution is 5.16. The third kappa shape index (κ3) is 3.42. The summed E-state index contributed by atoms with van der Waals surface area (Å²) in [5.41, 5.74) is 6.54. The summed E-state index contributed by atoms with van der Waals surface area (Å²) >= 11 is 0. The van der Waals surface area contributed by atoms with Gasteiger partial charge in [0, 0.05) is 5.56 Å². The fourth-order valence-electron chi connectivity index (χ4n) is 2.41. The highest BCUT2D eigenvalue weighted by Crippen LogP contribution is 2.32. The van der Waals surface area contributed by atoms with Crippen LogP contribution in [0, 0.1) is 0 Å². The number of aliphatic hydroxyl groups excluding tert-OH is 2. The van der Waals surface area contributed by atoms with Crippen LogP contribution in [0.1, 0.15) is 25.7 Å². The second kappa shape index (κ2) is 7.31. The number of nitrogens with two attached hydrogens (primary N) is 1. The standard InChI is InChI=1S/C13H17NO5.C2H6/c14-9-10(15)11-8(18-12(9)16)6-17-13(19-11)7-4-2-1-3-5-7;1-2/h1-5,8-13,15-16H,6,14H2;1-2H3. The van der Waals surface area contributed by atoms with Crippen LogP contribution < -0.4 is 5.73 Å². The quantitative estimate of drug-likeness (QED) is 0.700. The summed E-state index contributed by atoms with van der Waals surface area (Å²) in [4.78, 5) is 0. The van der Waals surface area contributed by atoms with E-state index >= 15 is 0 Å². The van der Waals surface area contributed by atoms with Gasteiger partial charge in [0.1, 0.15) is 18.3 Å². The smallest absolute Gasteiger partial charge is 0.184 e. The number of benzene rings is 1. The van der Waals surface area contributed by atoms with Crippen molar-refractivity contribution >= 4 is 0 Å². The van der Waals surface area contributed by atoms with Crippen LogP contribution in [0.5, 0.6) is 0 Å². The van der Waals surface area contributed by atoms with E-state index in [1.807, 2.05) is 44.2 Å². The molecule has 0 amide bonds. The van der Waals surface area contributed by atoms with Gasteiger partial charge in [-0.1, -0.05) is 44.2 Å². The van der Waals surface area contributed by atoms with Gasteiger partial charge in [-0.2, -0.15) is 0 Å². The zero-order chi connectivity index (χ0) is 15.4. The highest BCUT2D eigenvalue weighted by atomic mass is 16.7. The zero-order valence-corrected chi connectivity index (χ0v) is 12.3. The van der Waals surface area contributed by atoms with E-state index in [0.29, 0.717) is 0 Å². The highest BCUT2D eigenvalue weighted by Gasteiger charge is 2.47. The van der Waals surface area contributed by atoms with Gasteiger partial charge in [0.2, 0.25) is 0 Å². The predicted octanol–water partition coefficient (Wildman–Crippen LogP) is 0.532. The molecule has 0 aromatic heterocycles. The summed E-state index contributed by atoms with van der Waals surface area (Å²) in [6.07, 6.45) is -3.84. The Labute approximate surface area is 124 Å². The van der Waals surface area contributed by atoms with E-state index in [-0.39, 0.29) is 6.61 Å². The van der Waals surface area contributed by atoms with Gasteiger partial charge in [0.25, 0.3) is 0 Å². The Morgan fingerprint density at radius 1 is 1.10 bits per heavy atom. The minimum absolute atomic E-state index is 0.241. The lowest BCUT2D eigenvalue weighted by Gasteiger charge is -2.45. The van der Waals surface area contributed by atoms with Gasteiger partial charge in [-0.25, -0.2) is 0 Å². The van der Waals surface area contributed by atoms with E-state index in [4.69, 9.17) is 19.9 Å². The summed E-state index contributed by atoms with van der Waals surface area (Å²) in [5, 5.41) is 19.6. The monoisotopic (exact) mass is 297 g/mol. The van der Waals surface area contributed by atoms with Crippen molar-refractivity contribution in [1.29, 1.82) is 0 Å². The molecule has 2 saturated heterocycles. The van der Waals surface area contributed by atoms with Gasteiger partial charge < -0.3 is 30.2 Å². The second-order valence-corrected chi connectivity index (χ2v) is 4.81. The third-order valence-electron chi connectivity index (χ3n) is 3.51. The van der Waals surface area contributed by atoms with E-state index < -0.39 is 36.9 Å². The number of aliphatic hydroxyl groups is 2. The second-order valence-electron chi connectivity index (χ2n) is 4.81. The van der Waals surface area contributed by atoms with Crippen molar-refractivity contribution in [2.45, 2.75) is 50.8 Å². The minimum Gasteiger partial charge on any atom is -0.388 e. The van der Waals surface area contributed by atoms with Crippen LogP contribution in [0.4, 0.5) is 0 Å². The Balaban J connectivity index is 0.000000774. The van der Waals surface area contributed by atoms with E-state index in [1.54, 1.807) is 0 Å². The fourth-order valence-corrected chi connectivity index (χ4v) is 2.41. The van der Waals surface area contributed by atoms with Crippen molar-refractivity contribution in [3.05, 3.63) is 35.9 Å². The van der Waals surface area contributed by atoms with Crippen LogP contribution in [0.15, 0.2) is 30.3 Å². The van der Waals surface area contributed by atoms with Crippen molar-refractivity contribution in [3.8, 4) is 0 Å². The summed E-state index contributed by atoms with van der Waals surface area (Å²) in [6, 6.07) is 8.57. The zero-order valence-electron chi connectivity index (χ0n) is 12.3. The lowest BCUT2D eigenvalue weighted by molar-refractivity contribution is -0.335. The molecular formula is C15H23NO5. The first-order valence-corrected chi connectivity index (χ1v) is 7.26. The molecule has 6 atom stereocenters. The van der Waals surface area contributed by atoms with Crippen molar-refractivity contribution in [2.75, 3.05) is 6.61 Å². The molecule has 6 heteroatoms. The molecular weight excluding hydrogens is 274 g/mol. The Morgan fingerprint density at radius 2 is 1.76 bits per heavy atom. The molecule has 4 N–H and O–H groups in total. The maximum Gasteiger partial charge on any atom is 0.184 e. The average molecular weight is 297 g/mol. The molecule has 1 aromatic rings. The summed E-state index contributed by atoms with van der Waals surface area (Å²) in [5.74, 6) is 0. The summed E-state index contributed by atoms with van der Waals surface area (Å²) < 4.78 is 16.6. The Morgan fingerprint density at radius 3 is 2.43 bits per heavy atom. The number of fused-ring (bicyclic) bond motifs is 1. The Hall–Kier alpha value is -1.02. The first-order chi connectivity index (χ1) is 10.2. The maximum absolute atomic E-state index is 10.1. The maximum atomic E-state index is 10.1. The Bertz CT molecular complexity index is 427. The lowest BCUT2D eigenvalue weighted by Crippen LogP contribution is -2.64. The van der Waals surface area contributed by atoms with Crippen molar-refractivity contribution in [2.24, 2.45) is 5.73 Å². The number of ether oxygens (including phenoxy) is 3. The number of rotatable bonds is 1. The molecule has 2 aliphatic heterocycles. The van der Waals surface area contributed by atoms with Gasteiger partial charge in [-0.15, -0.1) is 0 Å². The van der Waals surface area contributed by atoms with E-state index in [0.717, 1.165) is 5.56 Å². The number of hydrogen-bond acceptors (Lipinski definition) is 6. The molecule has 0 spiro atoms. The lowest BCUT2D eigenvalue weighted by atomic mass is 9.96. The van der Waals surface area contributed by atoms with Crippen LogP contribution in [0.25, 0.3) is 0 Å². The summed E-state index contributed by atoms with van der Waals surface area (Å²) in [7, 11) is 0. The van der Waals surface area contributed by atoms with E-state index in [9.17, 15) is 10.2 Å². The molecule has 21 heavy (non-hydrogen) atoms. The van der Waals surface area contributed by atoms with Crippen LogP contribution in [-0.4, -0.2) is 47.5 Å². The molecule has 0 aliphatic carbocycles. The summed E-state index contributed by atoms with van der Waals surface area (Å²) in [6.45, 7) is 4.24. The third-order valence-corrected chi connectivity index (χ3v) is 3.51. The van der Waals surface area contributed by atoms with Gasteiger partial charge in [-0.05, 0) is 0 Å². The van der Waals surface area contributed by atoms with Crippen molar-refractivity contribution in [1.82, 2.24) is 0 Å². The molecule has 1 aromatic carbocycles. The predicted molar refractivity (Wildman–Crippen MR) is 76.2 cm³/mol. The largest absolute Gasteiger partial charge is 0.388 e. The van der Waals surface area contributed by atoms with E-state index in [1.165, 1.54) is 0 Å². The molecule has 6 nitrogen and oxygen atoms in total. The number of hydrogen-bond donors (Lipinski definition) is 3. The Kier molecular flexibility index (Phi) is 5.69. The fraction of sp³-hybridized carbons (Fsp3) is 0.600. The minimum atomic E-state index is -1.20. The molecule has 0 saturated carbocycles. The van der Waals surface area contributed by atoms with Gasteiger partial charge >= 0.3 is 0 Å². The molecule has 3 rings (SSSR count). The molecule has 2 aliphatic rings. The van der Waals surface area contributed by atoms with Crippen LogP contribution in [-0.2, 0) is 14.2 Å². The topological polar surface area (TPSA) is 94.2 Å². The normalized spacial score (nSPS) is 38.9. The van der Waals surface area contributed by atoms with Gasteiger partial charge in [0.15, 0.2) is 12.6 Å². The van der Waals surface area contributed by atoms with Crippen LogP contribution in [0.3, 0.4) is 0 Å². The van der Waals surface area contributed by atoms with Gasteiger partial charge in [0.05, 0.1) is 12.6 Å². The molecule has 118 valence electrons. The molecule has 0 radical (unpaired) electrons. The van der Waals surface area contributed by atoms with Crippen LogP contribution >= 0.6 is 0 Å². The first kappa shape index (κ1) is 16.4. The van der Waals surface area contributed by atoms with Crippen molar-refractivity contribution in [3.63, 3.8) is 0 Å². The average Bonchev–Trinajstić information content (AvgIpc) is 2.55. The molecule has 2 heterocycles. The molecule has 0 bridgehead atoms. The SMILES string of the molecule is CC.NC1C(O)OC2COC(c3ccccc3)OC2C1O. The molecule has 6 unspecified atom stereocenters.